The smallest absolute Gasteiger partial charge is 0.222 e. The standard InChI is InChI=1S/C18H20N6O/c1-13-9-16(18-21-20-12-24(18)22-13)19-10-14-5-2-3-6-15(14)11-23-8-4-7-17(23)25/h2-3,5-6,9,12,19H,4,7-8,10-11H2,1H3. The van der Waals surface area contributed by atoms with Crippen molar-refractivity contribution in [2.75, 3.05) is 11.9 Å². The molecule has 1 aromatic carbocycles. The summed E-state index contributed by atoms with van der Waals surface area (Å²) in [7, 11) is 0. The Morgan fingerprint density at radius 2 is 2.08 bits per heavy atom. The van der Waals surface area contributed by atoms with E-state index in [9.17, 15) is 4.79 Å². The number of rotatable bonds is 5. The van der Waals surface area contributed by atoms with Crippen molar-refractivity contribution in [3.05, 3.63) is 53.5 Å². The van der Waals surface area contributed by atoms with Gasteiger partial charge in [-0.1, -0.05) is 24.3 Å². The van der Waals surface area contributed by atoms with E-state index in [2.05, 4.69) is 32.7 Å². The minimum atomic E-state index is 0.248. The highest BCUT2D eigenvalue weighted by atomic mass is 16.2. The van der Waals surface area contributed by atoms with Crippen LogP contribution in [-0.4, -0.2) is 37.2 Å². The van der Waals surface area contributed by atoms with Crippen molar-refractivity contribution < 1.29 is 4.79 Å². The van der Waals surface area contributed by atoms with Crippen LogP contribution in [0.3, 0.4) is 0 Å². The zero-order chi connectivity index (χ0) is 17.2. The highest BCUT2D eigenvalue weighted by Crippen LogP contribution is 2.20. The van der Waals surface area contributed by atoms with E-state index in [4.69, 9.17) is 0 Å². The fourth-order valence-corrected chi connectivity index (χ4v) is 3.23. The number of carbonyl (C=O) groups excluding carboxylic acids is 1. The Balaban J connectivity index is 1.54. The van der Waals surface area contributed by atoms with E-state index in [0.29, 0.717) is 25.2 Å². The maximum atomic E-state index is 11.9. The zero-order valence-corrected chi connectivity index (χ0v) is 14.1. The van der Waals surface area contributed by atoms with E-state index in [1.807, 2.05) is 30.0 Å². The van der Waals surface area contributed by atoms with Crippen LogP contribution in [0.2, 0.25) is 0 Å². The molecule has 1 aliphatic rings. The van der Waals surface area contributed by atoms with Gasteiger partial charge in [0.15, 0.2) is 0 Å². The minimum Gasteiger partial charge on any atom is -0.378 e. The molecule has 0 bridgehead atoms. The quantitative estimate of drug-likeness (QED) is 0.773. The number of hydrogen-bond acceptors (Lipinski definition) is 5. The predicted molar refractivity (Wildman–Crippen MR) is 93.9 cm³/mol. The second kappa shape index (κ2) is 6.51. The van der Waals surface area contributed by atoms with Crippen molar-refractivity contribution in [1.29, 1.82) is 0 Å². The number of nitrogens with zero attached hydrogens (tertiary/aromatic N) is 5. The third kappa shape index (κ3) is 3.17. The lowest BCUT2D eigenvalue weighted by atomic mass is 10.1. The molecule has 0 aliphatic carbocycles. The molecule has 0 saturated carbocycles. The van der Waals surface area contributed by atoms with Crippen LogP contribution in [0.4, 0.5) is 5.69 Å². The fourth-order valence-electron chi connectivity index (χ4n) is 3.23. The second-order valence-electron chi connectivity index (χ2n) is 6.34. The van der Waals surface area contributed by atoms with Crippen molar-refractivity contribution in [3.8, 4) is 0 Å². The Labute approximate surface area is 145 Å². The van der Waals surface area contributed by atoms with Crippen molar-refractivity contribution in [3.63, 3.8) is 0 Å². The molecule has 25 heavy (non-hydrogen) atoms. The predicted octanol–water partition coefficient (Wildman–Crippen LogP) is 2.17. The van der Waals surface area contributed by atoms with Crippen LogP contribution in [0, 0.1) is 6.92 Å². The number of nitrogens with one attached hydrogen (secondary N) is 1. The lowest BCUT2D eigenvalue weighted by Crippen LogP contribution is -2.24. The first-order valence-corrected chi connectivity index (χ1v) is 8.47. The van der Waals surface area contributed by atoms with Gasteiger partial charge in [-0.2, -0.15) is 9.61 Å². The van der Waals surface area contributed by atoms with Crippen molar-refractivity contribution in [2.24, 2.45) is 0 Å². The molecule has 0 radical (unpaired) electrons. The van der Waals surface area contributed by atoms with Crippen LogP contribution in [0.5, 0.6) is 0 Å². The minimum absolute atomic E-state index is 0.248. The molecule has 1 fully saturated rings. The van der Waals surface area contributed by atoms with E-state index in [0.717, 1.165) is 24.3 Å². The summed E-state index contributed by atoms with van der Waals surface area (Å²) in [5.74, 6) is 0.248. The molecule has 1 N–H and O–H groups in total. The zero-order valence-electron chi connectivity index (χ0n) is 14.1. The van der Waals surface area contributed by atoms with Gasteiger partial charge in [0.1, 0.15) is 6.33 Å². The molecule has 0 atom stereocenters. The first-order chi connectivity index (χ1) is 12.2. The van der Waals surface area contributed by atoms with Crippen molar-refractivity contribution in [1.82, 2.24) is 24.7 Å². The molecule has 1 saturated heterocycles. The highest BCUT2D eigenvalue weighted by molar-refractivity contribution is 5.78. The molecule has 128 valence electrons. The Morgan fingerprint density at radius 3 is 2.88 bits per heavy atom. The van der Waals surface area contributed by atoms with Gasteiger partial charge in [-0.3, -0.25) is 4.79 Å². The highest BCUT2D eigenvalue weighted by Gasteiger charge is 2.20. The molecule has 3 aromatic rings. The van der Waals surface area contributed by atoms with E-state index in [-0.39, 0.29) is 5.91 Å². The second-order valence-corrected chi connectivity index (χ2v) is 6.34. The molecule has 4 rings (SSSR count). The molecule has 7 nitrogen and oxygen atoms in total. The summed E-state index contributed by atoms with van der Waals surface area (Å²) in [5.41, 5.74) is 4.85. The maximum absolute atomic E-state index is 11.9. The summed E-state index contributed by atoms with van der Waals surface area (Å²) in [6, 6.07) is 10.2. The van der Waals surface area contributed by atoms with Gasteiger partial charge >= 0.3 is 0 Å². The van der Waals surface area contributed by atoms with Gasteiger partial charge in [-0.15, -0.1) is 10.2 Å². The van der Waals surface area contributed by atoms with Crippen LogP contribution >= 0.6 is 0 Å². The van der Waals surface area contributed by atoms with Crippen molar-refractivity contribution in [2.45, 2.75) is 32.9 Å². The lowest BCUT2D eigenvalue weighted by molar-refractivity contribution is -0.128. The van der Waals surface area contributed by atoms with Gasteiger partial charge in [0.05, 0.1) is 11.4 Å². The Kier molecular flexibility index (Phi) is 4.05. The van der Waals surface area contributed by atoms with Crippen LogP contribution in [-0.2, 0) is 17.9 Å². The van der Waals surface area contributed by atoms with Gasteiger partial charge in [-0.05, 0) is 30.5 Å². The first-order valence-electron chi connectivity index (χ1n) is 8.47. The van der Waals surface area contributed by atoms with E-state index >= 15 is 0 Å². The number of likely N-dealkylation sites (tertiary alicyclic amines) is 1. The summed E-state index contributed by atoms with van der Waals surface area (Å²) in [6.45, 7) is 4.12. The third-order valence-corrected chi connectivity index (χ3v) is 4.51. The number of anilines is 1. The summed E-state index contributed by atoms with van der Waals surface area (Å²) in [6.07, 6.45) is 3.22. The maximum Gasteiger partial charge on any atom is 0.222 e. The summed E-state index contributed by atoms with van der Waals surface area (Å²) < 4.78 is 1.67. The number of amides is 1. The number of fused-ring (bicyclic) bond motifs is 1. The summed E-state index contributed by atoms with van der Waals surface area (Å²) in [5, 5.41) is 15.8. The number of hydrogen-bond donors (Lipinski definition) is 1. The molecule has 7 heteroatoms. The largest absolute Gasteiger partial charge is 0.378 e. The van der Waals surface area contributed by atoms with Crippen LogP contribution in [0.25, 0.3) is 5.65 Å². The van der Waals surface area contributed by atoms with E-state index in [1.54, 1.807) is 10.8 Å². The topological polar surface area (TPSA) is 75.4 Å². The van der Waals surface area contributed by atoms with Crippen molar-refractivity contribution >= 4 is 17.2 Å². The monoisotopic (exact) mass is 336 g/mol. The van der Waals surface area contributed by atoms with Gasteiger partial charge in [0, 0.05) is 26.1 Å². The lowest BCUT2D eigenvalue weighted by Gasteiger charge is -2.18. The van der Waals surface area contributed by atoms with E-state index in [1.165, 1.54) is 11.1 Å². The SMILES string of the molecule is Cc1cc(NCc2ccccc2CN2CCCC2=O)c2nncn2n1. The average Bonchev–Trinajstić information content (AvgIpc) is 3.23. The number of aromatic nitrogens is 4. The molecular weight excluding hydrogens is 316 g/mol. The fraction of sp³-hybridized carbons (Fsp3) is 0.333. The Bertz CT molecular complexity index is 919. The average molecular weight is 336 g/mol. The summed E-state index contributed by atoms with van der Waals surface area (Å²) in [4.78, 5) is 13.8. The Hall–Kier alpha value is -2.96. The normalized spacial score (nSPS) is 14.4. The van der Waals surface area contributed by atoms with Gasteiger partial charge in [0.2, 0.25) is 11.6 Å². The van der Waals surface area contributed by atoms with E-state index < -0.39 is 0 Å². The summed E-state index contributed by atoms with van der Waals surface area (Å²) >= 11 is 0. The van der Waals surface area contributed by atoms with Crippen LogP contribution in [0.1, 0.15) is 29.7 Å². The van der Waals surface area contributed by atoms with Gasteiger partial charge in [-0.25, -0.2) is 0 Å². The number of benzene rings is 1. The molecular formula is C18H20N6O. The molecule has 1 aliphatic heterocycles. The third-order valence-electron chi connectivity index (χ3n) is 4.51. The number of aryl methyl sites for hydroxylation is 1. The van der Waals surface area contributed by atoms with Crippen LogP contribution in [0.15, 0.2) is 36.7 Å². The van der Waals surface area contributed by atoms with Crippen LogP contribution < -0.4 is 5.32 Å². The molecule has 0 unspecified atom stereocenters. The first kappa shape index (κ1) is 15.6. The van der Waals surface area contributed by atoms with Gasteiger partial charge in [0.25, 0.3) is 0 Å². The molecule has 3 heterocycles. The molecule has 1 amide bonds. The molecule has 2 aromatic heterocycles. The number of carbonyl (C=O) groups is 1. The van der Waals surface area contributed by atoms with Gasteiger partial charge < -0.3 is 10.2 Å². The molecule has 0 spiro atoms. The Morgan fingerprint density at radius 1 is 1.24 bits per heavy atom.